The van der Waals surface area contributed by atoms with Crippen LogP contribution in [0.4, 0.5) is 9.59 Å². The van der Waals surface area contributed by atoms with Crippen molar-refractivity contribution in [1.29, 1.82) is 0 Å². The highest BCUT2D eigenvalue weighted by Gasteiger charge is 2.16. The number of carbonyl (C=O) groups excluding carboxylic acids is 2. The summed E-state index contributed by atoms with van der Waals surface area (Å²) in [4.78, 5) is 21.7. The van der Waals surface area contributed by atoms with Crippen LogP contribution in [-0.2, 0) is 9.47 Å². The van der Waals surface area contributed by atoms with Gasteiger partial charge in [0.1, 0.15) is 5.60 Å². The fraction of sp³-hybridized carbons (Fsp3) is 0.556. The summed E-state index contributed by atoms with van der Waals surface area (Å²) < 4.78 is 9.19. The molecule has 0 saturated carbocycles. The second kappa shape index (κ2) is 5.23. The molecule has 0 saturated heterocycles. The van der Waals surface area contributed by atoms with Crippen molar-refractivity contribution in [2.75, 3.05) is 0 Å². The zero-order valence-electron chi connectivity index (χ0n) is 9.23. The van der Waals surface area contributed by atoms with Crippen molar-refractivity contribution in [2.45, 2.75) is 33.3 Å². The van der Waals surface area contributed by atoms with Crippen LogP contribution in [0.3, 0.4) is 0 Å². The molecule has 6 nitrogen and oxygen atoms in total. The SMILES string of the molecule is C=C(C)OC(=O)/N=N/C(=O)OC(C)(C)C. The van der Waals surface area contributed by atoms with Gasteiger partial charge in [-0.15, -0.1) is 0 Å². The van der Waals surface area contributed by atoms with Crippen LogP contribution in [0, 0.1) is 0 Å². The molecule has 0 radical (unpaired) electrons. The Morgan fingerprint density at radius 1 is 1.13 bits per heavy atom. The molecular formula is C9H14N2O4. The van der Waals surface area contributed by atoms with E-state index in [-0.39, 0.29) is 5.76 Å². The number of ether oxygens (including phenoxy) is 2. The first-order valence-corrected chi connectivity index (χ1v) is 4.23. The van der Waals surface area contributed by atoms with Crippen LogP contribution in [0.25, 0.3) is 0 Å². The van der Waals surface area contributed by atoms with Crippen molar-refractivity contribution in [1.82, 2.24) is 0 Å². The van der Waals surface area contributed by atoms with Gasteiger partial charge in [0.15, 0.2) is 0 Å². The van der Waals surface area contributed by atoms with Crippen molar-refractivity contribution in [3.8, 4) is 0 Å². The molecule has 0 aliphatic heterocycles. The van der Waals surface area contributed by atoms with Gasteiger partial charge >= 0.3 is 12.2 Å². The quantitative estimate of drug-likeness (QED) is 0.496. The van der Waals surface area contributed by atoms with Crippen LogP contribution in [-0.4, -0.2) is 17.8 Å². The van der Waals surface area contributed by atoms with Gasteiger partial charge in [-0.1, -0.05) is 16.8 Å². The molecule has 2 amide bonds. The van der Waals surface area contributed by atoms with Crippen molar-refractivity contribution in [2.24, 2.45) is 10.2 Å². The molecule has 84 valence electrons. The Labute approximate surface area is 88.0 Å². The van der Waals surface area contributed by atoms with E-state index in [0.29, 0.717) is 0 Å². The number of allylic oxidation sites excluding steroid dienone is 1. The van der Waals surface area contributed by atoms with E-state index in [1.165, 1.54) is 6.92 Å². The molecule has 0 aliphatic rings. The van der Waals surface area contributed by atoms with Crippen molar-refractivity contribution < 1.29 is 19.1 Å². The van der Waals surface area contributed by atoms with Gasteiger partial charge in [0, 0.05) is 0 Å². The maximum absolute atomic E-state index is 10.9. The topological polar surface area (TPSA) is 77.3 Å². The normalized spacial score (nSPS) is 11.2. The number of azo groups is 1. The van der Waals surface area contributed by atoms with Crippen LogP contribution < -0.4 is 0 Å². The predicted molar refractivity (Wildman–Crippen MR) is 52.4 cm³/mol. The number of hydrogen-bond donors (Lipinski definition) is 0. The van der Waals surface area contributed by atoms with Crippen molar-refractivity contribution in [3.05, 3.63) is 12.3 Å². The fourth-order valence-electron chi connectivity index (χ4n) is 0.533. The van der Waals surface area contributed by atoms with E-state index in [1.807, 2.05) is 0 Å². The second-order valence-electron chi connectivity index (χ2n) is 3.75. The molecule has 0 aromatic rings. The lowest BCUT2D eigenvalue weighted by molar-refractivity contribution is 0.0587. The predicted octanol–water partition coefficient (Wildman–Crippen LogP) is 3.04. The lowest BCUT2D eigenvalue weighted by Gasteiger charge is -2.16. The molecule has 0 unspecified atom stereocenters. The van der Waals surface area contributed by atoms with Crippen LogP contribution in [0.15, 0.2) is 22.6 Å². The molecule has 0 aromatic heterocycles. The summed E-state index contributed by atoms with van der Waals surface area (Å²) in [6.07, 6.45) is -1.95. The van der Waals surface area contributed by atoms with E-state index in [2.05, 4.69) is 21.5 Å². The average molecular weight is 214 g/mol. The van der Waals surface area contributed by atoms with Crippen LogP contribution >= 0.6 is 0 Å². The second-order valence-corrected chi connectivity index (χ2v) is 3.75. The van der Waals surface area contributed by atoms with Gasteiger partial charge in [-0.2, -0.15) is 0 Å². The Kier molecular flexibility index (Phi) is 4.63. The van der Waals surface area contributed by atoms with Gasteiger partial charge < -0.3 is 9.47 Å². The maximum atomic E-state index is 10.9. The van der Waals surface area contributed by atoms with Crippen LogP contribution in [0.1, 0.15) is 27.7 Å². The Bertz CT molecular complexity index is 302. The highest BCUT2D eigenvalue weighted by atomic mass is 16.6. The van der Waals surface area contributed by atoms with E-state index in [9.17, 15) is 9.59 Å². The molecule has 6 heteroatoms. The molecule has 0 aromatic carbocycles. The van der Waals surface area contributed by atoms with Crippen molar-refractivity contribution in [3.63, 3.8) is 0 Å². The monoisotopic (exact) mass is 214 g/mol. The number of hydrogen-bond acceptors (Lipinski definition) is 4. The number of nitrogens with zero attached hydrogens (tertiary/aromatic N) is 2. The average Bonchev–Trinajstić information content (AvgIpc) is 1.96. The zero-order valence-corrected chi connectivity index (χ0v) is 9.23. The first kappa shape index (κ1) is 13.3. The van der Waals surface area contributed by atoms with E-state index in [0.717, 1.165) is 0 Å². The third-order valence-electron chi connectivity index (χ3n) is 0.868. The minimum absolute atomic E-state index is 0.170. The Hall–Kier alpha value is -1.72. The number of carbonyl (C=O) groups is 2. The third-order valence-corrected chi connectivity index (χ3v) is 0.868. The van der Waals surface area contributed by atoms with Gasteiger partial charge in [0.25, 0.3) is 0 Å². The van der Waals surface area contributed by atoms with Gasteiger partial charge in [-0.05, 0) is 27.7 Å². The highest BCUT2D eigenvalue weighted by molar-refractivity contribution is 5.73. The van der Waals surface area contributed by atoms with Gasteiger partial charge in [-0.3, -0.25) is 0 Å². The molecular weight excluding hydrogens is 200 g/mol. The molecule has 0 N–H and O–H groups in total. The number of rotatable bonds is 1. The lowest BCUT2D eigenvalue weighted by atomic mass is 10.2. The third kappa shape index (κ3) is 8.61. The van der Waals surface area contributed by atoms with Gasteiger partial charge in [0.2, 0.25) is 0 Å². The minimum atomic E-state index is -1.01. The fourth-order valence-corrected chi connectivity index (χ4v) is 0.533. The van der Waals surface area contributed by atoms with Crippen LogP contribution in [0.2, 0.25) is 0 Å². The lowest BCUT2D eigenvalue weighted by Crippen LogP contribution is -2.21. The zero-order chi connectivity index (χ0) is 12.1. The summed E-state index contributed by atoms with van der Waals surface area (Å²) in [6.45, 7) is 9.81. The summed E-state index contributed by atoms with van der Waals surface area (Å²) >= 11 is 0. The van der Waals surface area contributed by atoms with Gasteiger partial charge in [0.05, 0.1) is 5.76 Å². The van der Waals surface area contributed by atoms with E-state index < -0.39 is 17.8 Å². The van der Waals surface area contributed by atoms with Gasteiger partial charge in [-0.25, -0.2) is 9.59 Å². The molecule has 15 heavy (non-hydrogen) atoms. The molecule has 0 fully saturated rings. The minimum Gasteiger partial charge on any atom is -0.441 e. The summed E-state index contributed by atoms with van der Waals surface area (Å²) in [5.41, 5.74) is -0.672. The Balaban J connectivity index is 4.12. The molecule has 0 bridgehead atoms. The molecule has 0 rings (SSSR count). The summed E-state index contributed by atoms with van der Waals surface area (Å²) in [5, 5.41) is 5.99. The summed E-state index contributed by atoms with van der Waals surface area (Å²) in [5.74, 6) is 0.170. The van der Waals surface area contributed by atoms with E-state index in [1.54, 1.807) is 20.8 Å². The standard InChI is InChI=1S/C9H14N2O4/c1-6(2)14-7(12)10-11-8(13)15-9(3,4)5/h1H2,2-5H3/b11-10+. The Morgan fingerprint density at radius 3 is 2.00 bits per heavy atom. The van der Waals surface area contributed by atoms with E-state index >= 15 is 0 Å². The van der Waals surface area contributed by atoms with Crippen LogP contribution in [0.5, 0.6) is 0 Å². The molecule has 0 heterocycles. The molecule has 0 atom stereocenters. The molecule has 0 spiro atoms. The van der Waals surface area contributed by atoms with Crippen molar-refractivity contribution >= 4 is 12.2 Å². The Morgan fingerprint density at radius 2 is 1.60 bits per heavy atom. The smallest absolute Gasteiger partial charge is 0.441 e. The summed E-state index contributed by atoms with van der Waals surface area (Å²) in [6, 6.07) is 0. The maximum Gasteiger partial charge on any atom is 0.457 e. The first-order chi connectivity index (χ1) is 6.70. The summed E-state index contributed by atoms with van der Waals surface area (Å²) in [7, 11) is 0. The first-order valence-electron chi connectivity index (χ1n) is 4.23. The largest absolute Gasteiger partial charge is 0.457 e. The number of amides is 2. The molecule has 0 aliphatic carbocycles. The van der Waals surface area contributed by atoms with E-state index in [4.69, 9.17) is 4.74 Å². The highest BCUT2D eigenvalue weighted by Crippen LogP contribution is 2.08.